The average Bonchev–Trinajstić information content (AvgIpc) is 3.20. The molecule has 0 radical (unpaired) electrons. The Bertz CT molecular complexity index is 1170. The van der Waals surface area contributed by atoms with Gasteiger partial charge < -0.3 is 9.15 Å². The van der Waals surface area contributed by atoms with Gasteiger partial charge in [0.05, 0.1) is 16.1 Å². The standard InChI is InChI=1S/C20H16N4O7/c1-13-10-14(23(26)27)6-8-16(13)18-9-7-15(31-18)11-21-22-20(25)12-30-19-5-3-2-4-17(19)24(28)29/h2-11H,12H2,1H3,(H,22,25)/b21-11-. The first-order valence-electron chi connectivity index (χ1n) is 8.88. The van der Waals surface area contributed by atoms with Gasteiger partial charge in [0.1, 0.15) is 11.5 Å². The summed E-state index contributed by atoms with van der Waals surface area (Å²) in [7, 11) is 0. The topological polar surface area (TPSA) is 150 Å². The lowest BCUT2D eigenvalue weighted by Gasteiger charge is -2.05. The fourth-order valence-electron chi connectivity index (χ4n) is 2.68. The number of carbonyl (C=O) groups is 1. The van der Waals surface area contributed by atoms with Crippen molar-refractivity contribution in [2.24, 2.45) is 5.10 Å². The zero-order valence-corrected chi connectivity index (χ0v) is 16.2. The number of hydrogen-bond acceptors (Lipinski definition) is 8. The highest BCUT2D eigenvalue weighted by molar-refractivity contribution is 5.82. The van der Waals surface area contributed by atoms with Crippen LogP contribution in [0.4, 0.5) is 11.4 Å². The number of aryl methyl sites for hydroxylation is 1. The molecule has 11 heteroatoms. The minimum atomic E-state index is -0.618. The van der Waals surface area contributed by atoms with Gasteiger partial charge in [-0.3, -0.25) is 25.0 Å². The molecule has 0 aliphatic heterocycles. The summed E-state index contributed by atoms with van der Waals surface area (Å²) in [4.78, 5) is 32.5. The molecule has 0 saturated heterocycles. The molecule has 3 rings (SSSR count). The van der Waals surface area contributed by atoms with Gasteiger partial charge >= 0.3 is 5.69 Å². The van der Waals surface area contributed by atoms with E-state index in [1.165, 1.54) is 36.5 Å². The van der Waals surface area contributed by atoms with Gasteiger partial charge in [-0.05, 0) is 36.8 Å². The summed E-state index contributed by atoms with van der Waals surface area (Å²) >= 11 is 0. The highest BCUT2D eigenvalue weighted by atomic mass is 16.6. The van der Waals surface area contributed by atoms with Gasteiger partial charge in [0.2, 0.25) is 0 Å². The van der Waals surface area contributed by atoms with E-state index in [4.69, 9.17) is 9.15 Å². The van der Waals surface area contributed by atoms with E-state index in [1.54, 1.807) is 31.2 Å². The molecule has 0 aliphatic rings. The summed E-state index contributed by atoms with van der Waals surface area (Å²) in [5.74, 6) is 0.181. The maximum Gasteiger partial charge on any atom is 0.310 e. The quantitative estimate of drug-likeness (QED) is 0.330. The van der Waals surface area contributed by atoms with Gasteiger partial charge in [0, 0.05) is 23.8 Å². The van der Waals surface area contributed by atoms with Crippen LogP contribution < -0.4 is 10.2 Å². The van der Waals surface area contributed by atoms with E-state index >= 15 is 0 Å². The van der Waals surface area contributed by atoms with Crippen molar-refractivity contribution in [3.63, 3.8) is 0 Å². The molecule has 1 heterocycles. The molecule has 0 aliphatic carbocycles. The van der Waals surface area contributed by atoms with E-state index in [0.717, 1.165) is 0 Å². The molecule has 0 bridgehead atoms. The highest BCUT2D eigenvalue weighted by Crippen LogP contribution is 2.28. The monoisotopic (exact) mass is 424 g/mol. The van der Waals surface area contributed by atoms with Crippen LogP contribution in [-0.2, 0) is 4.79 Å². The van der Waals surface area contributed by atoms with Crippen molar-refractivity contribution in [1.29, 1.82) is 0 Å². The zero-order chi connectivity index (χ0) is 22.4. The van der Waals surface area contributed by atoms with Crippen molar-refractivity contribution in [3.05, 3.63) is 86.1 Å². The van der Waals surface area contributed by atoms with Crippen molar-refractivity contribution < 1.29 is 23.8 Å². The molecule has 0 unspecified atom stereocenters. The number of carbonyl (C=O) groups excluding carboxylic acids is 1. The number of rotatable bonds is 8. The van der Waals surface area contributed by atoms with Gasteiger partial charge in [0.15, 0.2) is 12.4 Å². The van der Waals surface area contributed by atoms with Gasteiger partial charge in [-0.25, -0.2) is 5.43 Å². The third-order valence-corrected chi connectivity index (χ3v) is 4.11. The number of nitro groups is 2. The number of hydrazone groups is 1. The number of furan rings is 1. The highest BCUT2D eigenvalue weighted by Gasteiger charge is 2.15. The number of para-hydroxylation sites is 2. The normalized spacial score (nSPS) is 10.7. The number of nitrogens with one attached hydrogen (secondary N) is 1. The first-order chi connectivity index (χ1) is 14.8. The Morgan fingerprint density at radius 1 is 1.13 bits per heavy atom. The van der Waals surface area contributed by atoms with Crippen LogP contribution in [0.1, 0.15) is 11.3 Å². The Morgan fingerprint density at radius 2 is 1.90 bits per heavy atom. The van der Waals surface area contributed by atoms with Crippen molar-refractivity contribution in [3.8, 4) is 17.1 Å². The maximum absolute atomic E-state index is 11.8. The number of benzene rings is 2. The second kappa shape index (κ2) is 9.31. The van der Waals surface area contributed by atoms with Crippen molar-refractivity contribution >= 4 is 23.5 Å². The summed E-state index contributed by atoms with van der Waals surface area (Å²) in [5, 5.41) is 25.5. The molecule has 1 amide bonds. The molecule has 0 saturated carbocycles. The number of nitrogens with zero attached hydrogens (tertiary/aromatic N) is 3. The van der Waals surface area contributed by atoms with Crippen molar-refractivity contribution in [2.75, 3.05) is 6.61 Å². The number of ether oxygens (including phenoxy) is 1. The Kier molecular flexibility index (Phi) is 6.36. The average molecular weight is 424 g/mol. The molecular formula is C20H16N4O7. The SMILES string of the molecule is Cc1cc([N+](=O)[O-])ccc1-c1ccc(/C=N\NC(=O)COc2ccccc2[N+](=O)[O-])o1. The predicted molar refractivity (Wildman–Crippen MR) is 110 cm³/mol. The summed E-state index contributed by atoms with van der Waals surface area (Å²) < 4.78 is 10.8. The number of hydrogen-bond donors (Lipinski definition) is 1. The molecular weight excluding hydrogens is 408 g/mol. The third kappa shape index (κ3) is 5.29. The zero-order valence-electron chi connectivity index (χ0n) is 16.2. The summed E-state index contributed by atoms with van der Waals surface area (Å²) in [6.07, 6.45) is 1.27. The van der Waals surface area contributed by atoms with Gasteiger partial charge in [-0.15, -0.1) is 0 Å². The molecule has 1 N–H and O–H groups in total. The van der Waals surface area contributed by atoms with E-state index in [9.17, 15) is 25.0 Å². The van der Waals surface area contributed by atoms with Crippen molar-refractivity contribution in [1.82, 2.24) is 5.43 Å². The molecule has 0 atom stereocenters. The molecule has 158 valence electrons. The molecule has 1 aromatic heterocycles. The van der Waals surface area contributed by atoms with E-state index in [-0.39, 0.29) is 17.1 Å². The van der Waals surface area contributed by atoms with E-state index in [2.05, 4.69) is 10.5 Å². The van der Waals surface area contributed by atoms with Gasteiger partial charge in [-0.2, -0.15) is 5.10 Å². The summed E-state index contributed by atoms with van der Waals surface area (Å²) in [5.41, 5.74) is 3.33. The molecule has 0 spiro atoms. The smallest absolute Gasteiger partial charge is 0.310 e. The fraction of sp³-hybridized carbons (Fsp3) is 0.100. The minimum Gasteiger partial charge on any atom is -0.477 e. The molecule has 2 aromatic carbocycles. The Balaban J connectivity index is 1.58. The number of amides is 1. The summed E-state index contributed by atoms with van der Waals surface area (Å²) in [6, 6.07) is 13.4. The summed E-state index contributed by atoms with van der Waals surface area (Å²) in [6.45, 7) is 1.27. The van der Waals surface area contributed by atoms with Crippen LogP contribution in [0.25, 0.3) is 11.3 Å². The van der Waals surface area contributed by atoms with Crippen LogP contribution in [0.2, 0.25) is 0 Å². The Labute approximate surface area is 175 Å². The first kappa shape index (κ1) is 21.2. The van der Waals surface area contributed by atoms with Gasteiger partial charge in [0.25, 0.3) is 11.6 Å². The maximum atomic E-state index is 11.8. The van der Waals surface area contributed by atoms with Crippen LogP contribution in [0, 0.1) is 27.2 Å². The first-order valence-corrected chi connectivity index (χ1v) is 8.88. The molecule has 0 fully saturated rings. The minimum absolute atomic E-state index is 0.0136. The van der Waals surface area contributed by atoms with Crippen LogP contribution >= 0.6 is 0 Å². The molecule has 3 aromatic rings. The predicted octanol–water partition coefficient (Wildman–Crippen LogP) is 3.60. The molecule has 31 heavy (non-hydrogen) atoms. The largest absolute Gasteiger partial charge is 0.477 e. The van der Waals surface area contributed by atoms with Crippen LogP contribution in [-0.4, -0.2) is 28.6 Å². The number of nitro benzene ring substituents is 2. The second-order valence-corrected chi connectivity index (χ2v) is 6.27. The lowest BCUT2D eigenvalue weighted by molar-refractivity contribution is -0.385. The van der Waals surface area contributed by atoms with Crippen LogP contribution in [0.5, 0.6) is 5.75 Å². The van der Waals surface area contributed by atoms with Crippen LogP contribution in [0.15, 0.2) is 64.1 Å². The van der Waals surface area contributed by atoms with E-state index in [1.807, 2.05) is 0 Å². The van der Waals surface area contributed by atoms with Crippen LogP contribution in [0.3, 0.4) is 0 Å². The lowest BCUT2D eigenvalue weighted by atomic mass is 10.1. The van der Waals surface area contributed by atoms with E-state index in [0.29, 0.717) is 22.6 Å². The van der Waals surface area contributed by atoms with E-state index < -0.39 is 22.4 Å². The Morgan fingerprint density at radius 3 is 2.61 bits per heavy atom. The number of non-ortho nitro benzene ring substituents is 1. The third-order valence-electron chi connectivity index (χ3n) is 4.11. The Hall–Kier alpha value is -4.54. The molecule has 11 nitrogen and oxygen atoms in total. The van der Waals surface area contributed by atoms with Crippen molar-refractivity contribution in [2.45, 2.75) is 6.92 Å². The lowest BCUT2D eigenvalue weighted by Crippen LogP contribution is -2.24. The second-order valence-electron chi connectivity index (χ2n) is 6.27. The fourth-order valence-corrected chi connectivity index (χ4v) is 2.68. The van der Waals surface area contributed by atoms with Gasteiger partial charge in [-0.1, -0.05) is 12.1 Å².